The molecule has 4 N–H and O–H groups in total. The second kappa shape index (κ2) is 40.0. The number of aliphatic hydroxyl groups is 4. The van der Waals surface area contributed by atoms with Crippen LogP contribution in [0.2, 0.25) is 0 Å². The molecular weight excluding hydrogens is 749 g/mol. The Balaban J connectivity index is 2.30. The van der Waals surface area contributed by atoms with Gasteiger partial charge >= 0.3 is 11.9 Å². The average Bonchev–Trinajstić information content (AvgIpc) is 3.23. The zero-order valence-corrected chi connectivity index (χ0v) is 37.5. The second-order valence-electron chi connectivity index (χ2n) is 16.6. The van der Waals surface area contributed by atoms with Crippen molar-refractivity contribution in [1.82, 2.24) is 0 Å². The first kappa shape index (κ1) is 54.9. The normalized spacial score (nSPS) is 20.3. The molecular formula is C49H88O10. The lowest BCUT2D eigenvalue weighted by Gasteiger charge is -2.39. The highest BCUT2D eigenvalue weighted by Crippen LogP contribution is 2.23. The molecule has 10 heteroatoms. The Bertz CT molecular complexity index is 1060. The molecule has 1 heterocycles. The van der Waals surface area contributed by atoms with Crippen molar-refractivity contribution >= 4 is 11.9 Å². The van der Waals surface area contributed by atoms with Crippen LogP contribution in [0.3, 0.4) is 0 Å². The van der Waals surface area contributed by atoms with Crippen molar-refractivity contribution < 1.29 is 49.0 Å². The third kappa shape index (κ3) is 31.4. The fourth-order valence-electron chi connectivity index (χ4n) is 7.20. The minimum atomic E-state index is -1.60. The van der Waals surface area contributed by atoms with Gasteiger partial charge in [0.1, 0.15) is 31.0 Å². The van der Waals surface area contributed by atoms with Gasteiger partial charge in [-0.3, -0.25) is 9.59 Å². The summed E-state index contributed by atoms with van der Waals surface area (Å²) in [7, 11) is 0. The molecule has 0 radical (unpaired) electrons. The third-order valence-electron chi connectivity index (χ3n) is 11.0. The van der Waals surface area contributed by atoms with Crippen LogP contribution in [0.5, 0.6) is 0 Å². The number of unbranched alkanes of at least 4 members (excludes halogenated alkanes) is 23. The summed E-state index contributed by atoms with van der Waals surface area (Å²) in [4.78, 5) is 25.4. The fourth-order valence-corrected chi connectivity index (χ4v) is 7.20. The van der Waals surface area contributed by atoms with Crippen LogP contribution in [0.25, 0.3) is 0 Å². The van der Waals surface area contributed by atoms with E-state index in [0.29, 0.717) is 6.42 Å². The van der Waals surface area contributed by atoms with Crippen molar-refractivity contribution in [1.29, 1.82) is 0 Å². The van der Waals surface area contributed by atoms with E-state index in [1.807, 2.05) is 0 Å². The maximum absolute atomic E-state index is 12.8. The van der Waals surface area contributed by atoms with E-state index < -0.39 is 49.4 Å². The monoisotopic (exact) mass is 837 g/mol. The lowest BCUT2D eigenvalue weighted by atomic mass is 9.99. The molecule has 0 aromatic heterocycles. The van der Waals surface area contributed by atoms with Gasteiger partial charge in [0.2, 0.25) is 0 Å². The van der Waals surface area contributed by atoms with Crippen molar-refractivity contribution in [3.8, 4) is 0 Å². The standard InChI is InChI=1S/C49H88O10/c1-3-5-7-9-11-13-15-17-19-20-21-22-24-25-27-29-31-33-35-37-44(51)56-40-42(41-57-49-48(55)47(54)46(53)43(39-50)59-49)58-45(52)38-36-34-32-30-28-26-23-18-16-14-12-10-8-6-4-2/h12,14,18,23,28,30,42-43,46-50,53-55H,3-11,13,15-17,19-22,24-27,29,31-41H2,1-2H3/b14-12+,23-18+,30-28+/t42-,43-,46+,47?,48?,49-/m0/s1. The zero-order valence-electron chi connectivity index (χ0n) is 37.5. The number of hydrogen-bond acceptors (Lipinski definition) is 10. The molecule has 0 aromatic carbocycles. The highest BCUT2D eigenvalue weighted by atomic mass is 16.7. The van der Waals surface area contributed by atoms with E-state index in [9.17, 15) is 30.0 Å². The van der Waals surface area contributed by atoms with Crippen LogP contribution in [-0.4, -0.2) is 89.0 Å². The Hall–Kier alpha value is -2.08. The molecule has 1 fully saturated rings. The Labute approximate surface area is 359 Å². The molecule has 0 aliphatic carbocycles. The van der Waals surface area contributed by atoms with Gasteiger partial charge in [-0.25, -0.2) is 0 Å². The van der Waals surface area contributed by atoms with Gasteiger partial charge in [-0.15, -0.1) is 0 Å². The first-order valence-corrected chi connectivity index (χ1v) is 24.1. The van der Waals surface area contributed by atoms with Crippen molar-refractivity contribution in [3.05, 3.63) is 36.5 Å². The molecule has 0 spiro atoms. The molecule has 59 heavy (non-hydrogen) atoms. The molecule has 2 unspecified atom stereocenters. The summed E-state index contributed by atoms with van der Waals surface area (Å²) in [5, 5.41) is 40.1. The van der Waals surface area contributed by atoms with Crippen molar-refractivity contribution in [2.75, 3.05) is 19.8 Å². The summed E-state index contributed by atoms with van der Waals surface area (Å²) < 4.78 is 22.2. The number of ether oxygens (including phenoxy) is 4. The highest BCUT2D eigenvalue weighted by molar-refractivity contribution is 5.70. The Morgan fingerprint density at radius 3 is 1.46 bits per heavy atom. The van der Waals surface area contributed by atoms with E-state index in [1.54, 1.807) is 0 Å². The largest absolute Gasteiger partial charge is 0.462 e. The predicted molar refractivity (Wildman–Crippen MR) is 238 cm³/mol. The van der Waals surface area contributed by atoms with Gasteiger partial charge in [-0.2, -0.15) is 0 Å². The number of esters is 2. The van der Waals surface area contributed by atoms with Crippen LogP contribution in [0.4, 0.5) is 0 Å². The van der Waals surface area contributed by atoms with Crippen LogP contribution < -0.4 is 0 Å². The van der Waals surface area contributed by atoms with Crippen LogP contribution in [-0.2, 0) is 28.5 Å². The van der Waals surface area contributed by atoms with Crippen molar-refractivity contribution in [2.45, 2.75) is 243 Å². The average molecular weight is 837 g/mol. The van der Waals surface area contributed by atoms with E-state index in [2.05, 4.69) is 50.3 Å². The Morgan fingerprint density at radius 2 is 0.949 bits per heavy atom. The minimum Gasteiger partial charge on any atom is -0.462 e. The molecule has 1 saturated heterocycles. The molecule has 0 amide bonds. The molecule has 6 atom stereocenters. The molecule has 344 valence electrons. The van der Waals surface area contributed by atoms with Gasteiger partial charge in [0.25, 0.3) is 0 Å². The van der Waals surface area contributed by atoms with Crippen LogP contribution in [0, 0.1) is 0 Å². The molecule has 0 bridgehead atoms. The smallest absolute Gasteiger partial charge is 0.306 e. The van der Waals surface area contributed by atoms with E-state index in [4.69, 9.17) is 18.9 Å². The molecule has 0 aromatic rings. The van der Waals surface area contributed by atoms with Gasteiger partial charge in [-0.05, 0) is 51.4 Å². The van der Waals surface area contributed by atoms with Gasteiger partial charge in [-0.1, -0.05) is 179 Å². The van der Waals surface area contributed by atoms with E-state index in [1.165, 1.54) is 122 Å². The van der Waals surface area contributed by atoms with E-state index in [0.717, 1.165) is 51.4 Å². The summed E-state index contributed by atoms with van der Waals surface area (Å²) in [5.41, 5.74) is 0. The lowest BCUT2D eigenvalue weighted by Crippen LogP contribution is -2.59. The van der Waals surface area contributed by atoms with Crippen molar-refractivity contribution in [3.63, 3.8) is 0 Å². The Kier molecular flexibility index (Phi) is 37.3. The number of rotatable bonds is 40. The summed E-state index contributed by atoms with van der Waals surface area (Å²) in [5.74, 6) is -0.844. The molecule has 0 saturated carbocycles. The Morgan fingerprint density at radius 1 is 0.525 bits per heavy atom. The van der Waals surface area contributed by atoms with Crippen LogP contribution in [0.15, 0.2) is 36.5 Å². The van der Waals surface area contributed by atoms with E-state index >= 15 is 0 Å². The number of hydrogen-bond donors (Lipinski definition) is 4. The first-order valence-electron chi connectivity index (χ1n) is 24.1. The second-order valence-corrected chi connectivity index (χ2v) is 16.6. The summed E-state index contributed by atoms with van der Waals surface area (Å²) in [6.45, 7) is 3.38. The number of carbonyl (C=O) groups is 2. The fraction of sp³-hybridized carbons (Fsp3) is 0.837. The summed E-state index contributed by atoms with van der Waals surface area (Å²) >= 11 is 0. The van der Waals surface area contributed by atoms with Crippen LogP contribution >= 0.6 is 0 Å². The summed E-state index contributed by atoms with van der Waals surface area (Å²) in [6, 6.07) is 0. The predicted octanol–water partition coefficient (Wildman–Crippen LogP) is 10.7. The molecule has 1 rings (SSSR count). The maximum atomic E-state index is 12.8. The molecule has 1 aliphatic heterocycles. The van der Waals surface area contributed by atoms with Crippen LogP contribution in [0.1, 0.15) is 206 Å². The quantitative estimate of drug-likeness (QED) is 0.0267. The zero-order chi connectivity index (χ0) is 43.0. The van der Waals surface area contributed by atoms with Gasteiger partial charge in [0, 0.05) is 12.8 Å². The van der Waals surface area contributed by atoms with Crippen molar-refractivity contribution in [2.24, 2.45) is 0 Å². The molecule has 1 aliphatic rings. The van der Waals surface area contributed by atoms with Gasteiger partial charge in [0.05, 0.1) is 13.2 Å². The number of carbonyl (C=O) groups excluding carboxylic acids is 2. The minimum absolute atomic E-state index is 0.183. The summed E-state index contributed by atoms with van der Waals surface area (Å²) in [6.07, 6.45) is 38.7. The highest BCUT2D eigenvalue weighted by Gasteiger charge is 2.44. The SMILES string of the molecule is CCCCC/C=C/C/C=C/C/C=C/CCCCC(=O)O[C@@H](COC(=O)CCCCCCCCCCCCCCCCCCCCC)CO[C@H]1O[C@@H](CO)[C@@H](O)C(O)C1O. The van der Waals surface area contributed by atoms with Gasteiger partial charge < -0.3 is 39.4 Å². The topological polar surface area (TPSA) is 152 Å². The first-order chi connectivity index (χ1) is 28.8. The third-order valence-corrected chi connectivity index (χ3v) is 11.0. The van der Waals surface area contributed by atoms with E-state index in [-0.39, 0.29) is 32.0 Å². The number of aliphatic hydroxyl groups excluding tert-OH is 4. The maximum Gasteiger partial charge on any atom is 0.306 e. The lowest BCUT2D eigenvalue weighted by molar-refractivity contribution is -0.305. The van der Waals surface area contributed by atoms with Gasteiger partial charge in [0.15, 0.2) is 12.4 Å². The molecule has 10 nitrogen and oxygen atoms in total. The number of allylic oxidation sites excluding steroid dienone is 6.